The number of nitrogen functional groups attached to an aromatic ring is 1. The fourth-order valence-electron chi connectivity index (χ4n) is 2.17. The van der Waals surface area contributed by atoms with Gasteiger partial charge < -0.3 is 10.5 Å². The van der Waals surface area contributed by atoms with Crippen molar-refractivity contribution in [2.45, 2.75) is 20.0 Å². The molecule has 1 aromatic heterocycles. The number of hydrogen-bond donors (Lipinski definition) is 1. The maximum absolute atomic E-state index is 13.3. The fourth-order valence-corrected chi connectivity index (χ4v) is 2.17. The average Bonchev–Trinajstić information content (AvgIpc) is 2.42. The van der Waals surface area contributed by atoms with E-state index >= 15 is 0 Å². The highest BCUT2D eigenvalue weighted by atomic mass is 19.1. The summed E-state index contributed by atoms with van der Waals surface area (Å²) in [5.41, 5.74) is 9.09. The van der Waals surface area contributed by atoms with Gasteiger partial charge in [-0.2, -0.15) is 0 Å². The summed E-state index contributed by atoms with van der Waals surface area (Å²) >= 11 is 0. The molecule has 1 aliphatic heterocycles. The number of rotatable bonds is 1. The van der Waals surface area contributed by atoms with Crippen molar-refractivity contribution in [2.75, 3.05) is 12.3 Å². The van der Waals surface area contributed by atoms with Crippen molar-refractivity contribution in [1.82, 2.24) is 9.97 Å². The number of fused-ring (bicyclic) bond motifs is 1. The van der Waals surface area contributed by atoms with E-state index in [0.717, 1.165) is 23.2 Å². The van der Waals surface area contributed by atoms with Crippen LogP contribution in [0.25, 0.3) is 11.4 Å². The maximum atomic E-state index is 13.3. The number of aryl methyl sites for hydroxylation is 1. The van der Waals surface area contributed by atoms with Gasteiger partial charge in [0.2, 0.25) is 0 Å². The topological polar surface area (TPSA) is 61.0 Å². The second kappa shape index (κ2) is 4.59. The summed E-state index contributed by atoms with van der Waals surface area (Å²) in [4.78, 5) is 8.81. The molecule has 1 aromatic carbocycles. The summed E-state index contributed by atoms with van der Waals surface area (Å²) in [5.74, 6) is 0.756. The Hall–Kier alpha value is -2.01. The predicted octanol–water partition coefficient (Wildman–Crippen LogP) is 2.25. The zero-order chi connectivity index (χ0) is 13.4. The standard InChI is InChI=1S/C14H14FN3O/c1-8-6-9(2-3-11(8)15)14-17-12-4-5-19-7-10(12)13(16)18-14/h2-3,6H,4-5,7H2,1H3,(H2,16,17,18). The van der Waals surface area contributed by atoms with Gasteiger partial charge in [-0.25, -0.2) is 14.4 Å². The number of nitrogens with zero attached hydrogens (tertiary/aromatic N) is 2. The lowest BCUT2D eigenvalue weighted by molar-refractivity contribution is 0.109. The van der Waals surface area contributed by atoms with Crippen molar-refractivity contribution in [3.05, 3.63) is 40.8 Å². The summed E-state index contributed by atoms with van der Waals surface area (Å²) in [5, 5.41) is 0. The molecule has 0 fully saturated rings. The molecule has 2 aromatic rings. The highest BCUT2D eigenvalue weighted by molar-refractivity contribution is 5.60. The van der Waals surface area contributed by atoms with Gasteiger partial charge in [-0.05, 0) is 30.7 Å². The molecular weight excluding hydrogens is 245 g/mol. The van der Waals surface area contributed by atoms with E-state index in [1.54, 1.807) is 19.1 Å². The summed E-state index contributed by atoms with van der Waals surface area (Å²) in [6.07, 6.45) is 0.731. The zero-order valence-corrected chi connectivity index (χ0v) is 10.6. The van der Waals surface area contributed by atoms with Crippen molar-refractivity contribution in [3.63, 3.8) is 0 Å². The first-order valence-corrected chi connectivity index (χ1v) is 6.14. The molecule has 0 aliphatic carbocycles. The number of halogens is 1. The first-order valence-electron chi connectivity index (χ1n) is 6.14. The molecule has 2 heterocycles. The quantitative estimate of drug-likeness (QED) is 0.853. The first kappa shape index (κ1) is 12.0. The molecule has 0 unspecified atom stereocenters. The van der Waals surface area contributed by atoms with Crippen LogP contribution in [0.3, 0.4) is 0 Å². The Morgan fingerprint density at radius 3 is 2.95 bits per heavy atom. The van der Waals surface area contributed by atoms with Gasteiger partial charge in [-0.1, -0.05) is 0 Å². The maximum Gasteiger partial charge on any atom is 0.161 e. The Balaban J connectivity index is 2.10. The van der Waals surface area contributed by atoms with Crippen molar-refractivity contribution in [3.8, 4) is 11.4 Å². The lowest BCUT2D eigenvalue weighted by Gasteiger charge is -2.17. The SMILES string of the molecule is Cc1cc(-c2nc(N)c3c(n2)CCOC3)ccc1F. The smallest absolute Gasteiger partial charge is 0.161 e. The number of benzene rings is 1. The summed E-state index contributed by atoms with van der Waals surface area (Å²) in [7, 11) is 0. The third kappa shape index (κ3) is 2.17. The van der Waals surface area contributed by atoms with Crippen LogP contribution in [0.15, 0.2) is 18.2 Å². The fraction of sp³-hybridized carbons (Fsp3) is 0.286. The normalized spacial score (nSPS) is 14.2. The van der Waals surface area contributed by atoms with E-state index in [1.807, 2.05) is 0 Å². The number of aromatic nitrogens is 2. The van der Waals surface area contributed by atoms with Crippen molar-refractivity contribution in [2.24, 2.45) is 0 Å². The first-order chi connectivity index (χ1) is 9.15. The monoisotopic (exact) mass is 259 g/mol. The van der Waals surface area contributed by atoms with E-state index in [4.69, 9.17) is 10.5 Å². The van der Waals surface area contributed by atoms with Crippen LogP contribution in [-0.4, -0.2) is 16.6 Å². The van der Waals surface area contributed by atoms with Crippen LogP contribution in [0, 0.1) is 12.7 Å². The molecule has 0 radical (unpaired) electrons. The van der Waals surface area contributed by atoms with E-state index in [1.165, 1.54) is 6.07 Å². The summed E-state index contributed by atoms with van der Waals surface area (Å²) < 4.78 is 18.6. The lowest BCUT2D eigenvalue weighted by atomic mass is 10.1. The predicted molar refractivity (Wildman–Crippen MR) is 69.9 cm³/mol. The zero-order valence-electron chi connectivity index (χ0n) is 10.6. The minimum atomic E-state index is -0.233. The van der Waals surface area contributed by atoms with Crippen molar-refractivity contribution < 1.29 is 9.13 Å². The molecule has 3 rings (SSSR count). The van der Waals surface area contributed by atoms with Crippen LogP contribution in [0.2, 0.25) is 0 Å². The van der Waals surface area contributed by atoms with Crippen LogP contribution in [0.5, 0.6) is 0 Å². The molecule has 0 bridgehead atoms. The van der Waals surface area contributed by atoms with Gasteiger partial charge in [0.25, 0.3) is 0 Å². The van der Waals surface area contributed by atoms with Crippen molar-refractivity contribution >= 4 is 5.82 Å². The highest BCUT2D eigenvalue weighted by Gasteiger charge is 2.17. The van der Waals surface area contributed by atoms with Gasteiger partial charge in [0, 0.05) is 17.5 Å². The van der Waals surface area contributed by atoms with Gasteiger partial charge in [-0.3, -0.25) is 0 Å². The van der Waals surface area contributed by atoms with Crippen LogP contribution in [0.1, 0.15) is 16.8 Å². The number of anilines is 1. The minimum absolute atomic E-state index is 0.233. The Morgan fingerprint density at radius 2 is 2.16 bits per heavy atom. The van der Waals surface area contributed by atoms with Gasteiger partial charge in [0.05, 0.1) is 18.9 Å². The Morgan fingerprint density at radius 1 is 1.32 bits per heavy atom. The molecular formula is C14H14FN3O. The van der Waals surface area contributed by atoms with E-state index in [9.17, 15) is 4.39 Å². The molecule has 0 spiro atoms. The Labute approximate surface area is 110 Å². The average molecular weight is 259 g/mol. The Bertz CT molecular complexity index is 643. The van der Waals surface area contributed by atoms with E-state index in [0.29, 0.717) is 30.4 Å². The second-order valence-electron chi connectivity index (χ2n) is 4.62. The van der Waals surface area contributed by atoms with Crippen LogP contribution in [0.4, 0.5) is 10.2 Å². The molecule has 98 valence electrons. The third-order valence-corrected chi connectivity index (χ3v) is 3.27. The van der Waals surface area contributed by atoms with Gasteiger partial charge >= 0.3 is 0 Å². The molecule has 1 aliphatic rings. The summed E-state index contributed by atoms with van der Waals surface area (Å²) in [6, 6.07) is 4.82. The molecule has 0 atom stereocenters. The number of ether oxygens (including phenoxy) is 1. The van der Waals surface area contributed by atoms with Crippen LogP contribution in [-0.2, 0) is 17.8 Å². The van der Waals surface area contributed by atoms with E-state index in [-0.39, 0.29) is 5.82 Å². The van der Waals surface area contributed by atoms with Gasteiger partial charge in [-0.15, -0.1) is 0 Å². The van der Waals surface area contributed by atoms with Crippen LogP contribution < -0.4 is 5.73 Å². The molecule has 0 saturated heterocycles. The molecule has 5 heteroatoms. The molecule has 0 saturated carbocycles. The number of nitrogens with two attached hydrogens (primary N) is 1. The third-order valence-electron chi connectivity index (χ3n) is 3.27. The van der Waals surface area contributed by atoms with Gasteiger partial charge in [0.15, 0.2) is 5.82 Å². The van der Waals surface area contributed by atoms with Crippen LogP contribution >= 0.6 is 0 Å². The van der Waals surface area contributed by atoms with Gasteiger partial charge in [0.1, 0.15) is 11.6 Å². The van der Waals surface area contributed by atoms with E-state index < -0.39 is 0 Å². The molecule has 19 heavy (non-hydrogen) atoms. The molecule has 2 N–H and O–H groups in total. The minimum Gasteiger partial charge on any atom is -0.383 e. The highest BCUT2D eigenvalue weighted by Crippen LogP contribution is 2.25. The number of hydrogen-bond acceptors (Lipinski definition) is 4. The molecule has 0 amide bonds. The van der Waals surface area contributed by atoms with Crippen molar-refractivity contribution in [1.29, 1.82) is 0 Å². The van der Waals surface area contributed by atoms with E-state index in [2.05, 4.69) is 9.97 Å². The molecule has 4 nitrogen and oxygen atoms in total. The largest absolute Gasteiger partial charge is 0.383 e. The lowest BCUT2D eigenvalue weighted by Crippen LogP contribution is -2.16. The summed E-state index contributed by atoms with van der Waals surface area (Å²) in [6.45, 7) is 2.82. The second-order valence-corrected chi connectivity index (χ2v) is 4.62. The Kier molecular flexibility index (Phi) is 2.91.